The van der Waals surface area contributed by atoms with E-state index in [2.05, 4.69) is 4.98 Å². The third kappa shape index (κ3) is 4.24. The number of rotatable bonds is 4. The normalized spacial score (nSPS) is 15.9. The number of pyridine rings is 1. The lowest BCUT2D eigenvalue weighted by atomic mass is 10.0. The summed E-state index contributed by atoms with van der Waals surface area (Å²) in [7, 11) is 0. The molecule has 2 amide bonds. The molecule has 0 spiro atoms. The van der Waals surface area contributed by atoms with E-state index in [1.807, 2.05) is 13.0 Å². The molecule has 2 heterocycles. The Labute approximate surface area is 158 Å². The Morgan fingerprint density at radius 3 is 2.52 bits per heavy atom. The number of hydrogen-bond donors (Lipinski definition) is 1. The average Bonchev–Trinajstić information content (AvgIpc) is 2.68. The minimum atomic E-state index is -0.514. The van der Waals surface area contributed by atoms with Gasteiger partial charge in [0.1, 0.15) is 5.82 Å². The summed E-state index contributed by atoms with van der Waals surface area (Å²) < 4.78 is 13.9. The molecule has 144 valence electrons. The Hall–Kier alpha value is -2.54. The number of carbonyl (C=O) groups is 2. The first-order valence-corrected chi connectivity index (χ1v) is 9.22. The zero-order valence-corrected chi connectivity index (χ0v) is 15.7. The standard InChI is InChI=1S/C20H25FN4O2/c1-13-3-5-18(21)17-12-23-15(11-16(13)17)4-6-19(26)24-7-9-25(10-8-24)20(27)14(2)22/h3,5,11-12,14H,4,6-10,22H2,1-2H3/t14-/m0/s1. The summed E-state index contributed by atoms with van der Waals surface area (Å²) in [6.07, 6.45) is 2.38. The SMILES string of the molecule is Cc1ccc(F)c2cnc(CCC(=O)N3CCN(C(=O)[C@H](C)N)CC3)cc12. The van der Waals surface area contributed by atoms with E-state index in [0.717, 1.165) is 16.6 Å². The molecule has 2 aromatic rings. The Balaban J connectivity index is 1.58. The van der Waals surface area contributed by atoms with Crippen molar-refractivity contribution in [1.29, 1.82) is 0 Å². The van der Waals surface area contributed by atoms with Gasteiger partial charge in [-0.15, -0.1) is 0 Å². The highest BCUT2D eigenvalue weighted by atomic mass is 19.1. The molecule has 0 bridgehead atoms. The van der Waals surface area contributed by atoms with Gasteiger partial charge in [0.15, 0.2) is 0 Å². The zero-order valence-electron chi connectivity index (χ0n) is 15.7. The Kier molecular flexibility index (Phi) is 5.70. The molecule has 3 rings (SSSR count). The number of halogens is 1. The minimum absolute atomic E-state index is 0.0424. The summed E-state index contributed by atoms with van der Waals surface area (Å²) in [6, 6.07) is 4.54. The molecular weight excluding hydrogens is 347 g/mol. The van der Waals surface area contributed by atoms with Gasteiger partial charge in [0.05, 0.1) is 6.04 Å². The van der Waals surface area contributed by atoms with Crippen LogP contribution in [0.15, 0.2) is 24.4 Å². The van der Waals surface area contributed by atoms with Gasteiger partial charge in [-0.25, -0.2) is 4.39 Å². The lowest BCUT2D eigenvalue weighted by Crippen LogP contribution is -2.53. The second-order valence-electron chi connectivity index (χ2n) is 7.08. The van der Waals surface area contributed by atoms with Crippen molar-refractivity contribution in [3.8, 4) is 0 Å². The van der Waals surface area contributed by atoms with Crippen LogP contribution in [0.2, 0.25) is 0 Å². The van der Waals surface area contributed by atoms with Gasteiger partial charge in [-0.3, -0.25) is 14.6 Å². The zero-order chi connectivity index (χ0) is 19.6. The number of aryl methyl sites for hydroxylation is 2. The van der Waals surface area contributed by atoms with Crippen molar-refractivity contribution in [3.63, 3.8) is 0 Å². The van der Waals surface area contributed by atoms with E-state index in [9.17, 15) is 14.0 Å². The van der Waals surface area contributed by atoms with Crippen molar-refractivity contribution in [2.75, 3.05) is 26.2 Å². The molecule has 1 aromatic heterocycles. The number of fused-ring (bicyclic) bond motifs is 1. The number of piperazine rings is 1. The summed E-state index contributed by atoms with van der Waals surface area (Å²) in [6.45, 7) is 5.67. The fourth-order valence-electron chi connectivity index (χ4n) is 3.39. The molecule has 6 nitrogen and oxygen atoms in total. The molecule has 1 aromatic carbocycles. The molecule has 1 aliphatic rings. The lowest BCUT2D eigenvalue weighted by molar-refractivity contribution is -0.140. The molecule has 0 aliphatic carbocycles. The van der Waals surface area contributed by atoms with E-state index in [1.165, 1.54) is 12.3 Å². The van der Waals surface area contributed by atoms with E-state index in [-0.39, 0.29) is 17.6 Å². The minimum Gasteiger partial charge on any atom is -0.339 e. The first kappa shape index (κ1) is 19.2. The van der Waals surface area contributed by atoms with Gasteiger partial charge in [-0.1, -0.05) is 6.07 Å². The van der Waals surface area contributed by atoms with Crippen LogP contribution < -0.4 is 5.73 Å². The number of nitrogens with two attached hydrogens (primary N) is 1. The number of hydrogen-bond acceptors (Lipinski definition) is 4. The van der Waals surface area contributed by atoms with Crippen molar-refractivity contribution < 1.29 is 14.0 Å². The fourth-order valence-corrected chi connectivity index (χ4v) is 3.39. The number of carbonyl (C=O) groups excluding carboxylic acids is 2. The largest absolute Gasteiger partial charge is 0.339 e. The van der Waals surface area contributed by atoms with E-state index < -0.39 is 6.04 Å². The van der Waals surface area contributed by atoms with Crippen LogP contribution in [0, 0.1) is 12.7 Å². The van der Waals surface area contributed by atoms with Gasteiger partial charge in [0.25, 0.3) is 0 Å². The van der Waals surface area contributed by atoms with Crippen molar-refractivity contribution in [1.82, 2.24) is 14.8 Å². The van der Waals surface area contributed by atoms with E-state index in [4.69, 9.17) is 5.73 Å². The molecule has 1 atom stereocenters. The maximum atomic E-state index is 13.9. The number of benzene rings is 1. The molecule has 0 saturated carbocycles. The third-order valence-electron chi connectivity index (χ3n) is 5.05. The Bertz CT molecular complexity index is 860. The molecule has 0 radical (unpaired) electrons. The van der Waals surface area contributed by atoms with Crippen LogP contribution in [-0.4, -0.2) is 58.8 Å². The van der Waals surface area contributed by atoms with E-state index in [0.29, 0.717) is 44.4 Å². The van der Waals surface area contributed by atoms with Crippen LogP contribution in [0.25, 0.3) is 10.8 Å². The highest BCUT2D eigenvalue weighted by Crippen LogP contribution is 2.22. The van der Waals surface area contributed by atoms with Gasteiger partial charge in [0, 0.05) is 49.9 Å². The summed E-state index contributed by atoms with van der Waals surface area (Å²) >= 11 is 0. The molecule has 2 N–H and O–H groups in total. The quantitative estimate of drug-likeness (QED) is 0.885. The average molecular weight is 372 g/mol. The van der Waals surface area contributed by atoms with Crippen LogP contribution >= 0.6 is 0 Å². The molecular formula is C20H25FN4O2. The van der Waals surface area contributed by atoms with Crippen LogP contribution in [0.5, 0.6) is 0 Å². The van der Waals surface area contributed by atoms with Crippen LogP contribution in [0.3, 0.4) is 0 Å². The molecule has 1 saturated heterocycles. The topological polar surface area (TPSA) is 79.5 Å². The van der Waals surface area contributed by atoms with E-state index in [1.54, 1.807) is 22.8 Å². The number of amides is 2. The number of aromatic nitrogens is 1. The summed E-state index contributed by atoms with van der Waals surface area (Å²) in [4.78, 5) is 32.2. The molecule has 1 aliphatic heterocycles. The van der Waals surface area contributed by atoms with Crippen molar-refractivity contribution in [2.24, 2.45) is 5.73 Å². The van der Waals surface area contributed by atoms with Crippen LogP contribution in [0.4, 0.5) is 4.39 Å². The highest BCUT2D eigenvalue weighted by Gasteiger charge is 2.25. The molecule has 7 heteroatoms. The first-order chi connectivity index (χ1) is 12.9. The monoisotopic (exact) mass is 372 g/mol. The van der Waals surface area contributed by atoms with Crippen molar-refractivity contribution in [3.05, 3.63) is 41.5 Å². The van der Waals surface area contributed by atoms with E-state index >= 15 is 0 Å². The predicted octanol–water partition coefficient (Wildman–Crippen LogP) is 1.63. The van der Waals surface area contributed by atoms with Crippen molar-refractivity contribution in [2.45, 2.75) is 32.7 Å². The first-order valence-electron chi connectivity index (χ1n) is 9.22. The van der Waals surface area contributed by atoms with Crippen LogP contribution in [-0.2, 0) is 16.0 Å². The van der Waals surface area contributed by atoms with Gasteiger partial charge in [0.2, 0.25) is 11.8 Å². The second-order valence-corrected chi connectivity index (χ2v) is 7.08. The van der Waals surface area contributed by atoms with Gasteiger partial charge < -0.3 is 15.5 Å². The maximum absolute atomic E-state index is 13.9. The highest BCUT2D eigenvalue weighted by molar-refractivity contribution is 5.86. The summed E-state index contributed by atoms with van der Waals surface area (Å²) in [5.41, 5.74) is 7.39. The Morgan fingerprint density at radius 1 is 1.19 bits per heavy atom. The number of nitrogens with zero attached hydrogens (tertiary/aromatic N) is 3. The summed E-state index contributed by atoms with van der Waals surface area (Å²) in [5, 5.41) is 1.33. The third-order valence-corrected chi connectivity index (χ3v) is 5.05. The lowest BCUT2D eigenvalue weighted by Gasteiger charge is -2.35. The summed E-state index contributed by atoms with van der Waals surface area (Å²) in [5.74, 6) is -0.323. The van der Waals surface area contributed by atoms with Crippen molar-refractivity contribution >= 4 is 22.6 Å². The fraction of sp³-hybridized carbons (Fsp3) is 0.450. The van der Waals surface area contributed by atoms with Crippen LogP contribution in [0.1, 0.15) is 24.6 Å². The second kappa shape index (κ2) is 8.00. The van der Waals surface area contributed by atoms with Gasteiger partial charge in [-0.2, -0.15) is 0 Å². The molecule has 0 unspecified atom stereocenters. The smallest absolute Gasteiger partial charge is 0.239 e. The predicted molar refractivity (Wildman–Crippen MR) is 102 cm³/mol. The maximum Gasteiger partial charge on any atom is 0.239 e. The molecule has 27 heavy (non-hydrogen) atoms. The Morgan fingerprint density at radius 2 is 1.85 bits per heavy atom. The van der Waals surface area contributed by atoms with Gasteiger partial charge in [-0.05, 0) is 43.4 Å². The molecule has 1 fully saturated rings. The van der Waals surface area contributed by atoms with Gasteiger partial charge >= 0.3 is 0 Å².